The fraction of sp³-hybridized carbons (Fsp3) is 1.00. The van der Waals surface area contributed by atoms with Crippen LogP contribution in [0.25, 0.3) is 0 Å². The Balaban J connectivity index is 1.85. The van der Waals surface area contributed by atoms with Crippen molar-refractivity contribution < 1.29 is 14.2 Å². The minimum absolute atomic E-state index is 0.0729. The van der Waals surface area contributed by atoms with Gasteiger partial charge in [0.05, 0.1) is 12.5 Å². The highest BCUT2D eigenvalue weighted by Crippen LogP contribution is 2.34. The number of rotatable bonds is 2. The van der Waals surface area contributed by atoms with E-state index in [0.717, 1.165) is 0 Å². The predicted octanol–water partition coefficient (Wildman–Crippen LogP) is 1.14. The molecule has 2 heterocycles. The summed E-state index contributed by atoms with van der Waals surface area (Å²) in [6.45, 7) is 4.43. The zero-order valence-electron chi connectivity index (χ0n) is 7.25. The molecule has 0 aromatic heterocycles. The van der Waals surface area contributed by atoms with Gasteiger partial charge >= 0.3 is 0 Å². The van der Waals surface area contributed by atoms with E-state index in [1.165, 1.54) is 0 Å². The summed E-state index contributed by atoms with van der Waals surface area (Å²) >= 11 is 5.62. The van der Waals surface area contributed by atoms with Crippen molar-refractivity contribution in [3.05, 3.63) is 0 Å². The molecule has 0 saturated carbocycles. The van der Waals surface area contributed by atoms with E-state index in [1.54, 1.807) is 0 Å². The van der Waals surface area contributed by atoms with Crippen molar-refractivity contribution in [2.24, 2.45) is 0 Å². The van der Waals surface area contributed by atoms with Crippen LogP contribution in [0.5, 0.6) is 0 Å². The van der Waals surface area contributed by atoms with E-state index in [4.69, 9.17) is 25.8 Å². The first-order chi connectivity index (χ1) is 5.62. The van der Waals surface area contributed by atoms with Gasteiger partial charge in [0.1, 0.15) is 18.3 Å². The van der Waals surface area contributed by atoms with Crippen molar-refractivity contribution in [3.8, 4) is 0 Å². The second kappa shape index (κ2) is 2.84. The van der Waals surface area contributed by atoms with Crippen molar-refractivity contribution in [2.75, 3.05) is 12.5 Å². The Hall–Kier alpha value is 0.170. The molecular formula is C8H13ClO3. The minimum Gasteiger partial charge on any atom is -0.365 e. The molecule has 4 heteroatoms. The number of epoxide rings is 1. The zero-order chi connectivity index (χ0) is 8.77. The van der Waals surface area contributed by atoms with Gasteiger partial charge in [-0.3, -0.25) is 0 Å². The summed E-state index contributed by atoms with van der Waals surface area (Å²) in [5, 5.41) is 0. The van der Waals surface area contributed by atoms with Gasteiger partial charge < -0.3 is 14.2 Å². The monoisotopic (exact) mass is 192 g/mol. The normalized spacial score (nSPS) is 44.8. The first kappa shape index (κ1) is 8.75. The summed E-state index contributed by atoms with van der Waals surface area (Å²) in [6, 6.07) is 0. The zero-order valence-corrected chi connectivity index (χ0v) is 8.00. The molecule has 0 spiro atoms. The Kier molecular flexibility index (Phi) is 2.07. The van der Waals surface area contributed by atoms with E-state index in [2.05, 4.69) is 0 Å². The van der Waals surface area contributed by atoms with Crippen molar-refractivity contribution in [2.45, 2.75) is 37.9 Å². The lowest BCUT2D eigenvalue weighted by atomic mass is 10.2. The molecule has 0 bridgehead atoms. The second-order valence-electron chi connectivity index (χ2n) is 3.66. The number of alkyl halides is 1. The molecule has 3 atom stereocenters. The third-order valence-electron chi connectivity index (χ3n) is 2.17. The van der Waals surface area contributed by atoms with E-state index < -0.39 is 5.79 Å². The Morgan fingerprint density at radius 3 is 2.67 bits per heavy atom. The number of hydrogen-bond donors (Lipinski definition) is 0. The molecule has 0 aromatic rings. The van der Waals surface area contributed by atoms with Gasteiger partial charge in [0.15, 0.2) is 5.79 Å². The second-order valence-corrected chi connectivity index (χ2v) is 3.97. The predicted molar refractivity (Wildman–Crippen MR) is 44.3 cm³/mol. The van der Waals surface area contributed by atoms with Crippen LogP contribution in [-0.4, -0.2) is 36.6 Å². The lowest BCUT2D eigenvalue weighted by molar-refractivity contribution is -0.140. The first-order valence-electron chi connectivity index (χ1n) is 4.15. The fourth-order valence-electron chi connectivity index (χ4n) is 1.48. The highest BCUT2D eigenvalue weighted by atomic mass is 35.5. The summed E-state index contributed by atoms with van der Waals surface area (Å²) < 4.78 is 16.3. The quantitative estimate of drug-likeness (QED) is 0.486. The van der Waals surface area contributed by atoms with Crippen molar-refractivity contribution in [1.82, 2.24) is 0 Å². The van der Waals surface area contributed by atoms with Crippen LogP contribution in [-0.2, 0) is 14.2 Å². The molecule has 2 aliphatic heterocycles. The molecular weight excluding hydrogens is 180 g/mol. The van der Waals surface area contributed by atoms with Crippen molar-refractivity contribution >= 4 is 11.6 Å². The van der Waals surface area contributed by atoms with Gasteiger partial charge in [-0.05, 0) is 13.8 Å². The van der Waals surface area contributed by atoms with Gasteiger partial charge in [-0.15, -0.1) is 11.6 Å². The number of ether oxygens (including phenoxy) is 3. The van der Waals surface area contributed by atoms with Crippen LogP contribution in [0.1, 0.15) is 13.8 Å². The Bertz CT molecular complexity index is 183. The summed E-state index contributed by atoms with van der Waals surface area (Å²) in [6.07, 6.45) is 0.405. The van der Waals surface area contributed by atoms with E-state index >= 15 is 0 Å². The minimum atomic E-state index is -0.451. The van der Waals surface area contributed by atoms with Crippen LogP contribution in [0, 0.1) is 0 Å². The molecule has 0 radical (unpaired) electrons. The number of halogens is 1. The molecule has 12 heavy (non-hydrogen) atoms. The molecule has 70 valence electrons. The Morgan fingerprint density at radius 2 is 2.25 bits per heavy atom. The van der Waals surface area contributed by atoms with Crippen LogP contribution < -0.4 is 0 Å². The summed E-state index contributed by atoms with van der Waals surface area (Å²) in [7, 11) is 0. The van der Waals surface area contributed by atoms with Crippen LogP contribution in [0.3, 0.4) is 0 Å². The molecule has 0 aromatic carbocycles. The standard InChI is InChI=1S/C8H13ClO3/c1-8(2)10-4-6(12-8)7-5(3-9)11-7/h5-7H,3-4H2,1-2H3/t5-,6-,7+/m1/s1. The molecule has 0 aliphatic carbocycles. The summed E-state index contributed by atoms with van der Waals surface area (Å²) in [5.41, 5.74) is 0. The molecule has 2 fully saturated rings. The largest absolute Gasteiger partial charge is 0.365 e. The van der Waals surface area contributed by atoms with Crippen molar-refractivity contribution in [1.29, 1.82) is 0 Å². The van der Waals surface area contributed by atoms with Gasteiger partial charge in [-0.2, -0.15) is 0 Å². The molecule has 0 N–H and O–H groups in total. The average Bonchev–Trinajstić information content (AvgIpc) is 2.70. The highest BCUT2D eigenvalue weighted by molar-refractivity contribution is 6.18. The van der Waals surface area contributed by atoms with Gasteiger partial charge in [-0.25, -0.2) is 0 Å². The van der Waals surface area contributed by atoms with Gasteiger partial charge in [0.2, 0.25) is 0 Å². The first-order valence-corrected chi connectivity index (χ1v) is 4.69. The molecule has 0 amide bonds. The fourth-order valence-corrected chi connectivity index (χ4v) is 1.73. The van der Waals surface area contributed by atoms with Crippen molar-refractivity contribution in [3.63, 3.8) is 0 Å². The Morgan fingerprint density at radius 1 is 1.50 bits per heavy atom. The van der Waals surface area contributed by atoms with E-state index in [9.17, 15) is 0 Å². The maximum absolute atomic E-state index is 5.62. The van der Waals surface area contributed by atoms with Crippen LogP contribution >= 0.6 is 11.6 Å². The maximum atomic E-state index is 5.62. The van der Waals surface area contributed by atoms with Gasteiger partial charge in [-0.1, -0.05) is 0 Å². The molecule has 2 rings (SSSR count). The van der Waals surface area contributed by atoms with E-state index in [0.29, 0.717) is 12.5 Å². The lowest BCUT2D eigenvalue weighted by Gasteiger charge is -2.16. The van der Waals surface area contributed by atoms with Crippen LogP contribution in [0.2, 0.25) is 0 Å². The summed E-state index contributed by atoms with van der Waals surface area (Å²) in [4.78, 5) is 0. The topological polar surface area (TPSA) is 31.0 Å². The third-order valence-corrected chi connectivity index (χ3v) is 2.47. The lowest BCUT2D eigenvalue weighted by Crippen LogP contribution is -2.25. The highest BCUT2D eigenvalue weighted by Gasteiger charge is 2.50. The molecule has 2 saturated heterocycles. The maximum Gasteiger partial charge on any atom is 0.163 e. The molecule has 2 aliphatic rings. The average molecular weight is 193 g/mol. The number of hydrogen-bond acceptors (Lipinski definition) is 3. The SMILES string of the molecule is CC1(C)OC[C@H]([C@H]2O[C@@H]2CCl)O1. The molecule has 3 nitrogen and oxygen atoms in total. The third kappa shape index (κ3) is 1.59. The van der Waals surface area contributed by atoms with E-state index in [1.807, 2.05) is 13.8 Å². The van der Waals surface area contributed by atoms with Crippen LogP contribution in [0.4, 0.5) is 0 Å². The van der Waals surface area contributed by atoms with E-state index in [-0.39, 0.29) is 18.3 Å². The smallest absolute Gasteiger partial charge is 0.163 e. The van der Waals surface area contributed by atoms with Gasteiger partial charge in [0, 0.05) is 0 Å². The Labute approximate surface area is 76.9 Å². The van der Waals surface area contributed by atoms with Crippen LogP contribution in [0.15, 0.2) is 0 Å². The molecule has 0 unspecified atom stereocenters. The van der Waals surface area contributed by atoms with Gasteiger partial charge in [0.25, 0.3) is 0 Å². The summed E-state index contributed by atoms with van der Waals surface area (Å²) in [5.74, 6) is 0.0957.